The van der Waals surface area contributed by atoms with Crippen LogP contribution in [0.3, 0.4) is 0 Å². The van der Waals surface area contributed by atoms with Gasteiger partial charge < -0.3 is 0 Å². The van der Waals surface area contributed by atoms with Crippen LogP contribution in [0.25, 0.3) is 76.6 Å². The lowest BCUT2D eigenvalue weighted by atomic mass is 9.98. The van der Waals surface area contributed by atoms with Gasteiger partial charge in [0.1, 0.15) is 0 Å². The maximum atomic E-state index is 5.04. The molecule has 0 aliphatic heterocycles. The Morgan fingerprint density at radius 2 is 0.837 bits per heavy atom. The van der Waals surface area contributed by atoms with Gasteiger partial charge in [-0.3, -0.25) is 0 Å². The predicted octanol–water partition coefficient (Wildman–Crippen LogP) is 10.6. The fourth-order valence-corrected chi connectivity index (χ4v) is 6.72. The van der Waals surface area contributed by atoms with Crippen molar-refractivity contribution in [3.63, 3.8) is 0 Å². The number of aromatic nitrogens is 3. The minimum absolute atomic E-state index is 0.667. The predicted molar refractivity (Wildman–Crippen MR) is 180 cm³/mol. The monoisotopic (exact) mass is 567 g/mol. The zero-order chi connectivity index (χ0) is 28.6. The Morgan fingerprint density at radius 3 is 1.44 bits per heavy atom. The summed E-state index contributed by atoms with van der Waals surface area (Å²) in [5, 5.41) is 2.39. The largest absolute Gasteiger partial charge is 0.208 e. The third-order valence-electron chi connectivity index (χ3n) is 7.76. The molecule has 0 aliphatic rings. The van der Waals surface area contributed by atoms with Crippen LogP contribution in [0, 0.1) is 0 Å². The van der Waals surface area contributed by atoms with E-state index in [-0.39, 0.29) is 0 Å². The van der Waals surface area contributed by atoms with Crippen LogP contribution in [0.15, 0.2) is 152 Å². The van der Waals surface area contributed by atoms with Crippen LogP contribution in [-0.2, 0) is 0 Å². The third kappa shape index (κ3) is 4.78. The highest BCUT2D eigenvalue weighted by atomic mass is 32.1. The first-order chi connectivity index (χ1) is 21.3. The summed E-state index contributed by atoms with van der Waals surface area (Å²) in [6.07, 6.45) is 0. The molecular weight excluding hydrogens is 543 g/mol. The summed E-state index contributed by atoms with van der Waals surface area (Å²) in [4.78, 5) is 15.0. The maximum absolute atomic E-state index is 5.04. The van der Waals surface area contributed by atoms with Crippen molar-refractivity contribution in [1.82, 2.24) is 15.0 Å². The van der Waals surface area contributed by atoms with E-state index in [2.05, 4.69) is 91.0 Å². The minimum atomic E-state index is 0.667. The Labute approximate surface area is 253 Å². The van der Waals surface area contributed by atoms with E-state index in [1.165, 1.54) is 42.4 Å². The number of thiophene rings is 1. The second-order valence-corrected chi connectivity index (χ2v) is 11.6. The highest BCUT2D eigenvalue weighted by molar-refractivity contribution is 7.25. The Balaban J connectivity index is 1.29. The average molecular weight is 568 g/mol. The molecule has 0 saturated carbocycles. The highest BCUT2D eigenvalue weighted by Crippen LogP contribution is 2.41. The summed E-state index contributed by atoms with van der Waals surface area (Å²) in [6, 6.07) is 52.8. The maximum Gasteiger partial charge on any atom is 0.164 e. The Morgan fingerprint density at radius 1 is 0.349 bits per heavy atom. The molecule has 0 N–H and O–H groups in total. The van der Waals surface area contributed by atoms with Gasteiger partial charge in [0.05, 0.1) is 0 Å². The fourth-order valence-electron chi connectivity index (χ4n) is 5.61. The van der Waals surface area contributed by atoms with E-state index in [4.69, 9.17) is 15.0 Å². The molecule has 8 rings (SSSR count). The molecule has 0 atom stereocenters. The van der Waals surface area contributed by atoms with Gasteiger partial charge in [-0.05, 0) is 40.5 Å². The molecule has 0 spiro atoms. The first-order valence-corrected chi connectivity index (χ1v) is 15.1. The number of rotatable bonds is 5. The second-order valence-electron chi connectivity index (χ2n) is 10.5. The molecule has 0 radical (unpaired) electrons. The topological polar surface area (TPSA) is 38.7 Å². The molecule has 0 amide bonds. The van der Waals surface area contributed by atoms with E-state index in [1.807, 2.05) is 60.7 Å². The van der Waals surface area contributed by atoms with E-state index < -0.39 is 0 Å². The first kappa shape index (κ1) is 25.3. The number of fused-ring (bicyclic) bond motifs is 3. The molecule has 0 unspecified atom stereocenters. The van der Waals surface area contributed by atoms with Crippen molar-refractivity contribution in [3.05, 3.63) is 152 Å². The molecule has 0 bridgehead atoms. The number of hydrogen-bond donors (Lipinski definition) is 0. The summed E-state index contributed by atoms with van der Waals surface area (Å²) in [5.41, 5.74) is 7.76. The summed E-state index contributed by atoms with van der Waals surface area (Å²) >= 11 is 1.80. The van der Waals surface area contributed by atoms with Crippen LogP contribution in [-0.4, -0.2) is 15.0 Å². The number of hydrogen-bond acceptors (Lipinski definition) is 4. The Kier molecular flexibility index (Phi) is 6.32. The van der Waals surface area contributed by atoms with Gasteiger partial charge in [0, 0.05) is 36.9 Å². The molecule has 4 heteroatoms. The van der Waals surface area contributed by atoms with Crippen molar-refractivity contribution in [1.29, 1.82) is 0 Å². The lowest BCUT2D eigenvalue weighted by Gasteiger charge is -2.10. The third-order valence-corrected chi connectivity index (χ3v) is 8.90. The number of nitrogens with zero attached hydrogens (tertiary/aromatic N) is 3. The Bertz CT molecular complexity index is 2150. The molecule has 2 aromatic heterocycles. The van der Waals surface area contributed by atoms with Crippen LogP contribution in [0.4, 0.5) is 0 Å². The van der Waals surface area contributed by atoms with Crippen LogP contribution >= 0.6 is 11.3 Å². The SMILES string of the molecule is c1ccc(-c2ccc(-c3ccc4sc5cccc(-c6nc(-c7ccccc7)nc(-c7ccccc7)n6)c5c4c3)cc2)cc1. The van der Waals surface area contributed by atoms with Gasteiger partial charge >= 0.3 is 0 Å². The van der Waals surface area contributed by atoms with Crippen molar-refractivity contribution in [2.45, 2.75) is 0 Å². The molecule has 8 aromatic rings. The molecular formula is C39H25N3S. The van der Waals surface area contributed by atoms with E-state index >= 15 is 0 Å². The van der Waals surface area contributed by atoms with E-state index in [0.717, 1.165) is 16.7 Å². The zero-order valence-electron chi connectivity index (χ0n) is 23.2. The fraction of sp³-hybridized carbons (Fsp3) is 0. The smallest absolute Gasteiger partial charge is 0.164 e. The molecule has 202 valence electrons. The second kappa shape index (κ2) is 10.8. The van der Waals surface area contributed by atoms with Crippen LogP contribution in [0.1, 0.15) is 0 Å². The average Bonchev–Trinajstić information content (AvgIpc) is 3.47. The van der Waals surface area contributed by atoms with Crippen molar-refractivity contribution in [2.24, 2.45) is 0 Å². The van der Waals surface area contributed by atoms with E-state index in [9.17, 15) is 0 Å². The first-order valence-electron chi connectivity index (χ1n) is 14.3. The van der Waals surface area contributed by atoms with Gasteiger partial charge in [-0.25, -0.2) is 15.0 Å². The van der Waals surface area contributed by atoms with Gasteiger partial charge in [0.15, 0.2) is 17.5 Å². The summed E-state index contributed by atoms with van der Waals surface area (Å²) in [6.45, 7) is 0. The van der Waals surface area contributed by atoms with Crippen LogP contribution < -0.4 is 0 Å². The summed E-state index contributed by atoms with van der Waals surface area (Å²) in [7, 11) is 0. The van der Waals surface area contributed by atoms with Crippen molar-refractivity contribution in [2.75, 3.05) is 0 Å². The summed E-state index contributed by atoms with van der Waals surface area (Å²) in [5.74, 6) is 2.01. The Hall–Kier alpha value is -5.45. The standard InChI is InChI=1S/C39H25N3S/c1-4-11-26(12-5-1)27-19-21-28(22-20-27)31-23-24-34-33(25-31)36-32(17-10-18-35(36)43-34)39-41-37(29-13-6-2-7-14-29)40-38(42-39)30-15-8-3-9-16-30/h1-25H. The van der Waals surface area contributed by atoms with Gasteiger partial charge in [-0.15, -0.1) is 11.3 Å². The lowest BCUT2D eigenvalue weighted by molar-refractivity contribution is 1.08. The zero-order valence-corrected chi connectivity index (χ0v) is 24.0. The van der Waals surface area contributed by atoms with Crippen LogP contribution in [0.5, 0.6) is 0 Å². The van der Waals surface area contributed by atoms with Gasteiger partial charge in [-0.1, -0.05) is 133 Å². The molecule has 0 saturated heterocycles. The molecule has 0 aliphatic carbocycles. The van der Waals surface area contributed by atoms with E-state index in [1.54, 1.807) is 11.3 Å². The normalized spacial score (nSPS) is 11.3. The van der Waals surface area contributed by atoms with Crippen molar-refractivity contribution >= 4 is 31.5 Å². The highest BCUT2D eigenvalue weighted by Gasteiger charge is 2.17. The van der Waals surface area contributed by atoms with Gasteiger partial charge in [0.25, 0.3) is 0 Å². The molecule has 6 aromatic carbocycles. The summed E-state index contributed by atoms with van der Waals surface area (Å²) < 4.78 is 2.46. The van der Waals surface area contributed by atoms with Gasteiger partial charge in [-0.2, -0.15) is 0 Å². The lowest BCUT2D eigenvalue weighted by Crippen LogP contribution is -2.00. The van der Waals surface area contributed by atoms with Crippen molar-refractivity contribution < 1.29 is 0 Å². The quantitative estimate of drug-likeness (QED) is 0.208. The van der Waals surface area contributed by atoms with Gasteiger partial charge in [0.2, 0.25) is 0 Å². The molecule has 2 heterocycles. The van der Waals surface area contributed by atoms with Crippen molar-refractivity contribution in [3.8, 4) is 56.4 Å². The minimum Gasteiger partial charge on any atom is -0.208 e. The molecule has 43 heavy (non-hydrogen) atoms. The molecule has 3 nitrogen and oxygen atoms in total. The number of benzene rings is 6. The molecule has 0 fully saturated rings. The van der Waals surface area contributed by atoms with E-state index in [0.29, 0.717) is 17.5 Å². The van der Waals surface area contributed by atoms with Crippen LogP contribution in [0.2, 0.25) is 0 Å².